The van der Waals surface area contributed by atoms with E-state index in [1.165, 1.54) is 7.11 Å². The lowest BCUT2D eigenvalue weighted by Gasteiger charge is -2.18. The molecule has 0 aliphatic heterocycles. The Balaban J connectivity index is 3.79. The molecule has 4 N–H and O–H groups in total. The van der Waals surface area contributed by atoms with E-state index in [-0.39, 0.29) is 13.0 Å². The quantitative estimate of drug-likeness (QED) is 0.419. The van der Waals surface area contributed by atoms with E-state index in [9.17, 15) is 9.90 Å². The van der Waals surface area contributed by atoms with Crippen molar-refractivity contribution in [3.63, 3.8) is 0 Å². The van der Waals surface area contributed by atoms with Gasteiger partial charge in [0, 0.05) is 13.5 Å². The lowest BCUT2D eigenvalue weighted by Crippen LogP contribution is -2.40. The number of aliphatic hydroxyl groups is 2. The molecule has 0 aromatic heterocycles. The molecular formula is C7H15NO4. The van der Waals surface area contributed by atoms with Crippen LogP contribution in [0.15, 0.2) is 0 Å². The van der Waals surface area contributed by atoms with E-state index in [0.717, 1.165) is 0 Å². The van der Waals surface area contributed by atoms with Crippen molar-refractivity contribution in [2.45, 2.75) is 24.7 Å². The molecule has 0 aromatic carbocycles. The van der Waals surface area contributed by atoms with Crippen LogP contribution in [0.1, 0.15) is 6.42 Å². The van der Waals surface area contributed by atoms with Gasteiger partial charge in [0.1, 0.15) is 12.4 Å². The van der Waals surface area contributed by atoms with Gasteiger partial charge >= 0.3 is 0 Å². The van der Waals surface area contributed by atoms with Crippen molar-refractivity contribution in [1.82, 2.24) is 0 Å². The molecule has 72 valence electrons. The lowest BCUT2D eigenvalue weighted by atomic mass is 10.1. The fourth-order valence-electron chi connectivity index (χ4n) is 0.742. The first kappa shape index (κ1) is 11.5. The van der Waals surface area contributed by atoms with Gasteiger partial charge in [-0.3, -0.25) is 0 Å². The molecule has 5 nitrogen and oxygen atoms in total. The summed E-state index contributed by atoms with van der Waals surface area (Å²) in [5.74, 6) is 0. The first-order chi connectivity index (χ1) is 5.65. The number of hydrogen-bond donors (Lipinski definition) is 3. The summed E-state index contributed by atoms with van der Waals surface area (Å²) < 4.78 is 4.70. The summed E-state index contributed by atoms with van der Waals surface area (Å²) in [4.78, 5) is 10.2. The third-order valence-electron chi connectivity index (χ3n) is 1.63. The minimum absolute atomic E-state index is 0.113. The Morgan fingerprint density at radius 1 is 1.67 bits per heavy atom. The van der Waals surface area contributed by atoms with Crippen LogP contribution in [0, 0.1) is 0 Å². The second-order valence-corrected chi connectivity index (χ2v) is 2.56. The molecular weight excluding hydrogens is 162 g/mol. The van der Waals surface area contributed by atoms with Gasteiger partial charge in [0.05, 0.1) is 18.8 Å². The van der Waals surface area contributed by atoms with Gasteiger partial charge in [-0.15, -0.1) is 0 Å². The van der Waals surface area contributed by atoms with E-state index in [1.807, 2.05) is 0 Å². The molecule has 0 rings (SSSR count). The van der Waals surface area contributed by atoms with Crippen molar-refractivity contribution in [3.05, 3.63) is 0 Å². The van der Waals surface area contributed by atoms with Crippen LogP contribution in [0.2, 0.25) is 0 Å². The number of hydrogen-bond acceptors (Lipinski definition) is 5. The molecule has 5 heteroatoms. The number of aliphatic hydroxyl groups excluding tert-OH is 2. The van der Waals surface area contributed by atoms with Crippen LogP contribution in [-0.4, -0.2) is 48.5 Å². The Morgan fingerprint density at radius 2 is 2.25 bits per heavy atom. The zero-order chi connectivity index (χ0) is 9.56. The Bertz CT molecular complexity index is 131. The molecule has 0 saturated heterocycles. The molecule has 3 atom stereocenters. The maximum Gasteiger partial charge on any atom is 0.148 e. The SMILES string of the molecule is CO[C@@H](C=O)C[C@H](O)[C@@H](N)CO. The Kier molecular flexibility index (Phi) is 5.83. The highest BCUT2D eigenvalue weighted by atomic mass is 16.5. The number of methoxy groups -OCH3 is 1. The summed E-state index contributed by atoms with van der Waals surface area (Å²) >= 11 is 0. The van der Waals surface area contributed by atoms with E-state index in [4.69, 9.17) is 15.6 Å². The van der Waals surface area contributed by atoms with Gasteiger partial charge in [-0.05, 0) is 0 Å². The molecule has 0 aliphatic rings. The summed E-state index contributed by atoms with van der Waals surface area (Å²) in [5.41, 5.74) is 5.30. The molecule has 0 aliphatic carbocycles. The topological polar surface area (TPSA) is 92.8 Å². The van der Waals surface area contributed by atoms with Crippen molar-refractivity contribution < 1.29 is 19.7 Å². The van der Waals surface area contributed by atoms with Gasteiger partial charge in [-0.1, -0.05) is 0 Å². The third kappa shape index (κ3) is 3.77. The zero-order valence-corrected chi connectivity index (χ0v) is 7.01. The standard InChI is InChI=1S/C7H15NO4/c1-12-5(3-9)2-7(11)6(8)4-10/h3,5-7,10-11H,2,4,8H2,1H3/t5-,6+,7+/m1/s1. The van der Waals surface area contributed by atoms with Crippen molar-refractivity contribution in [1.29, 1.82) is 0 Å². The largest absolute Gasteiger partial charge is 0.395 e. The molecule has 0 fully saturated rings. The van der Waals surface area contributed by atoms with Crippen molar-refractivity contribution >= 4 is 6.29 Å². The first-order valence-corrected chi connectivity index (χ1v) is 3.68. The second-order valence-electron chi connectivity index (χ2n) is 2.56. The Labute approximate surface area is 71.1 Å². The van der Waals surface area contributed by atoms with E-state index in [0.29, 0.717) is 6.29 Å². The average Bonchev–Trinajstić information content (AvgIpc) is 2.12. The van der Waals surface area contributed by atoms with Gasteiger partial charge < -0.3 is 25.5 Å². The second kappa shape index (κ2) is 6.07. The predicted molar refractivity (Wildman–Crippen MR) is 42.5 cm³/mol. The molecule has 12 heavy (non-hydrogen) atoms. The van der Waals surface area contributed by atoms with Gasteiger partial charge in [-0.2, -0.15) is 0 Å². The maximum absolute atomic E-state index is 10.2. The number of nitrogens with two attached hydrogens (primary N) is 1. The number of carbonyl (C=O) groups is 1. The van der Waals surface area contributed by atoms with E-state index < -0.39 is 18.2 Å². The fourth-order valence-corrected chi connectivity index (χ4v) is 0.742. The Morgan fingerprint density at radius 3 is 2.58 bits per heavy atom. The van der Waals surface area contributed by atoms with Gasteiger partial charge in [0.25, 0.3) is 0 Å². The highest BCUT2D eigenvalue weighted by Crippen LogP contribution is 2.02. The van der Waals surface area contributed by atoms with Crippen LogP contribution in [-0.2, 0) is 9.53 Å². The molecule has 0 spiro atoms. The molecule has 0 amide bonds. The summed E-state index contributed by atoms with van der Waals surface area (Å²) in [6.07, 6.45) is -0.863. The number of aldehydes is 1. The number of ether oxygens (including phenoxy) is 1. The van der Waals surface area contributed by atoms with Gasteiger partial charge in [0.2, 0.25) is 0 Å². The highest BCUT2D eigenvalue weighted by Gasteiger charge is 2.18. The highest BCUT2D eigenvalue weighted by molar-refractivity contribution is 5.55. The lowest BCUT2D eigenvalue weighted by molar-refractivity contribution is -0.118. The van der Waals surface area contributed by atoms with Crippen molar-refractivity contribution in [2.75, 3.05) is 13.7 Å². The minimum atomic E-state index is -0.912. The van der Waals surface area contributed by atoms with Crippen LogP contribution < -0.4 is 5.73 Å². The Hall–Kier alpha value is -0.490. The van der Waals surface area contributed by atoms with Crippen molar-refractivity contribution in [3.8, 4) is 0 Å². The fraction of sp³-hybridized carbons (Fsp3) is 0.857. The molecule has 0 saturated carbocycles. The van der Waals surface area contributed by atoms with Crippen LogP contribution in [0.5, 0.6) is 0 Å². The molecule has 0 heterocycles. The predicted octanol–water partition coefficient (Wildman–Crippen LogP) is -1.73. The molecule has 0 unspecified atom stereocenters. The van der Waals surface area contributed by atoms with E-state index >= 15 is 0 Å². The molecule has 0 bridgehead atoms. The van der Waals surface area contributed by atoms with Crippen LogP contribution in [0.3, 0.4) is 0 Å². The minimum Gasteiger partial charge on any atom is -0.395 e. The van der Waals surface area contributed by atoms with E-state index in [2.05, 4.69) is 0 Å². The maximum atomic E-state index is 10.2. The van der Waals surface area contributed by atoms with Crippen molar-refractivity contribution in [2.24, 2.45) is 5.73 Å². The zero-order valence-electron chi connectivity index (χ0n) is 7.01. The summed E-state index contributed by atoms with van der Waals surface area (Å²) in [6.45, 7) is -0.309. The summed E-state index contributed by atoms with van der Waals surface area (Å²) in [6, 6.07) is -0.720. The van der Waals surface area contributed by atoms with Crippen LogP contribution in [0.4, 0.5) is 0 Å². The summed E-state index contributed by atoms with van der Waals surface area (Å²) in [7, 11) is 1.37. The van der Waals surface area contributed by atoms with Gasteiger partial charge in [0.15, 0.2) is 0 Å². The first-order valence-electron chi connectivity index (χ1n) is 3.68. The summed E-state index contributed by atoms with van der Waals surface area (Å²) in [5, 5.41) is 17.8. The smallest absolute Gasteiger partial charge is 0.148 e. The third-order valence-corrected chi connectivity index (χ3v) is 1.63. The van der Waals surface area contributed by atoms with Crippen LogP contribution in [0.25, 0.3) is 0 Å². The molecule has 0 radical (unpaired) electrons. The number of carbonyl (C=O) groups excluding carboxylic acids is 1. The van der Waals surface area contributed by atoms with Gasteiger partial charge in [-0.25, -0.2) is 0 Å². The van der Waals surface area contributed by atoms with E-state index in [1.54, 1.807) is 0 Å². The monoisotopic (exact) mass is 177 g/mol. The van der Waals surface area contributed by atoms with Crippen LogP contribution >= 0.6 is 0 Å². The number of rotatable bonds is 6. The average molecular weight is 177 g/mol. The normalized spacial score (nSPS) is 18.3. The molecule has 0 aromatic rings.